The fourth-order valence-electron chi connectivity index (χ4n) is 2.48. The van der Waals surface area contributed by atoms with E-state index in [0.29, 0.717) is 0 Å². The van der Waals surface area contributed by atoms with Crippen LogP contribution in [0, 0.1) is 5.92 Å². The van der Waals surface area contributed by atoms with Crippen molar-refractivity contribution in [3.8, 4) is 0 Å². The van der Waals surface area contributed by atoms with Crippen molar-refractivity contribution in [1.29, 1.82) is 0 Å². The van der Waals surface area contributed by atoms with Gasteiger partial charge in [-0.1, -0.05) is 49.4 Å². The molecule has 1 aliphatic rings. The maximum atomic E-state index is 2.29. The second kappa shape index (κ2) is 3.37. The molecular formula is C15H15. The van der Waals surface area contributed by atoms with E-state index in [-0.39, 0.29) is 0 Å². The van der Waals surface area contributed by atoms with Crippen LogP contribution >= 0.6 is 0 Å². The van der Waals surface area contributed by atoms with Crippen molar-refractivity contribution in [2.45, 2.75) is 25.7 Å². The van der Waals surface area contributed by atoms with E-state index in [9.17, 15) is 0 Å². The van der Waals surface area contributed by atoms with Crippen LogP contribution in [-0.2, 0) is 0 Å². The van der Waals surface area contributed by atoms with Crippen molar-refractivity contribution in [3.63, 3.8) is 0 Å². The van der Waals surface area contributed by atoms with E-state index in [1.54, 1.807) is 5.92 Å². The Kier molecular flexibility index (Phi) is 2.02. The molecule has 1 aliphatic carbocycles. The Morgan fingerprint density at radius 2 is 1.87 bits per heavy atom. The number of hydrogen-bond donors (Lipinski definition) is 0. The Hall–Kier alpha value is -1.30. The number of rotatable bonds is 2. The number of benzene rings is 2. The lowest BCUT2D eigenvalue weighted by Gasteiger charge is -2.05. The van der Waals surface area contributed by atoms with Crippen LogP contribution in [0.2, 0.25) is 0 Å². The standard InChI is InChI=1S/C15H15/c1-2-11-10-15(11)14-9-5-7-12-6-3-4-8-13(12)14/h3-9,15H,2,10H2,1H3. The van der Waals surface area contributed by atoms with Gasteiger partial charge in [-0.05, 0) is 41.0 Å². The van der Waals surface area contributed by atoms with E-state index in [0.717, 1.165) is 5.92 Å². The molecule has 0 spiro atoms. The van der Waals surface area contributed by atoms with Gasteiger partial charge in [0.1, 0.15) is 0 Å². The zero-order valence-electron chi connectivity index (χ0n) is 9.03. The van der Waals surface area contributed by atoms with Gasteiger partial charge >= 0.3 is 0 Å². The maximum Gasteiger partial charge on any atom is -0.00878 e. The predicted octanol–water partition coefficient (Wildman–Crippen LogP) is 4.31. The molecule has 2 aromatic rings. The lowest BCUT2D eigenvalue weighted by atomic mass is 10.00. The van der Waals surface area contributed by atoms with E-state index in [1.807, 2.05) is 0 Å². The molecule has 0 heterocycles. The second-order valence-corrected chi connectivity index (χ2v) is 4.34. The summed E-state index contributed by atoms with van der Waals surface area (Å²) in [6.45, 7) is 2.26. The largest absolute Gasteiger partial charge is 0.0648 e. The highest BCUT2D eigenvalue weighted by atomic mass is 14.4. The third-order valence-electron chi connectivity index (χ3n) is 3.45. The number of fused-ring (bicyclic) bond motifs is 1. The summed E-state index contributed by atoms with van der Waals surface area (Å²) in [6.07, 6.45) is 2.55. The van der Waals surface area contributed by atoms with Gasteiger partial charge in [0, 0.05) is 0 Å². The van der Waals surface area contributed by atoms with Crippen LogP contribution in [-0.4, -0.2) is 0 Å². The molecule has 0 aromatic heterocycles. The third kappa shape index (κ3) is 1.45. The van der Waals surface area contributed by atoms with Crippen LogP contribution in [0.3, 0.4) is 0 Å². The summed E-state index contributed by atoms with van der Waals surface area (Å²) in [6, 6.07) is 15.4. The summed E-state index contributed by atoms with van der Waals surface area (Å²) in [7, 11) is 0. The Morgan fingerprint density at radius 3 is 2.67 bits per heavy atom. The molecule has 1 atom stereocenters. The normalized spacial score (nSPS) is 20.7. The van der Waals surface area contributed by atoms with Crippen molar-refractivity contribution in [2.24, 2.45) is 0 Å². The van der Waals surface area contributed by atoms with E-state index < -0.39 is 0 Å². The van der Waals surface area contributed by atoms with Gasteiger partial charge in [-0.3, -0.25) is 0 Å². The van der Waals surface area contributed by atoms with Crippen molar-refractivity contribution < 1.29 is 0 Å². The molecule has 0 bridgehead atoms. The summed E-state index contributed by atoms with van der Waals surface area (Å²) in [4.78, 5) is 0. The lowest BCUT2D eigenvalue weighted by Crippen LogP contribution is -1.84. The van der Waals surface area contributed by atoms with Crippen LogP contribution in [0.4, 0.5) is 0 Å². The molecule has 1 unspecified atom stereocenters. The monoisotopic (exact) mass is 195 g/mol. The zero-order valence-corrected chi connectivity index (χ0v) is 9.03. The van der Waals surface area contributed by atoms with Gasteiger partial charge in [0.2, 0.25) is 0 Å². The highest BCUT2D eigenvalue weighted by molar-refractivity contribution is 5.87. The summed E-state index contributed by atoms with van der Waals surface area (Å²) < 4.78 is 0. The molecule has 0 N–H and O–H groups in total. The van der Waals surface area contributed by atoms with Crippen molar-refractivity contribution in [1.82, 2.24) is 0 Å². The fourth-order valence-corrected chi connectivity index (χ4v) is 2.48. The van der Waals surface area contributed by atoms with E-state index >= 15 is 0 Å². The fraction of sp³-hybridized carbons (Fsp3) is 0.267. The molecule has 75 valence electrons. The van der Waals surface area contributed by atoms with Crippen molar-refractivity contribution in [2.75, 3.05) is 0 Å². The molecule has 0 amide bonds. The molecular weight excluding hydrogens is 180 g/mol. The number of hydrogen-bond acceptors (Lipinski definition) is 0. The molecule has 2 aromatic carbocycles. The summed E-state index contributed by atoms with van der Waals surface area (Å²) >= 11 is 0. The van der Waals surface area contributed by atoms with Crippen LogP contribution in [0.25, 0.3) is 10.8 Å². The summed E-state index contributed by atoms with van der Waals surface area (Å²) in [5.41, 5.74) is 1.53. The van der Waals surface area contributed by atoms with Crippen LogP contribution < -0.4 is 0 Å². The Labute approximate surface area is 90.9 Å². The Balaban J connectivity index is 2.11. The molecule has 0 nitrogen and oxygen atoms in total. The zero-order chi connectivity index (χ0) is 10.3. The van der Waals surface area contributed by atoms with Crippen molar-refractivity contribution in [3.05, 3.63) is 53.9 Å². The topological polar surface area (TPSA) is 0 Å². The van der Waals surface area contributed by atoms with Gasteiger partial charge in [0.15, 0.2) is 0 Å². The minimum absolute atomic E-state index is 0.751. The highest BCUT2D eigenvalue weighted by Gasteiger charge is 2.37. The third-order valence-corrected chi connectivity index (χ3v) is 3.45. The van der Waals surface area contributed by atoms with Gasteiger partial charge in [0.25, 0.3) is 0 Å². The molecule has 0 heteroatoms. The molecule has 1 radical (unpaired) electrons. The highest BCUT2D eigenvalue weighted by Crippen LogP contribution is 2.52. The molecule has 0 aliphatic heterocycles. The van der Waals surface area contributed by atoms with Crippen LogP contribution in [0.1, 0.15) is 31.2 Å². The Morgan fingerprint density at radius 1 is 1.07 bits per heavy atom. The second-order valence-electron chi connectivity index (χ2n) is 4.34. The van der Waals surface area contributed by atoms with Gasteiger partial charge in [0.05, 0.1) is 0 Å². The first kappa shape index (κ1) is 8.96. The van der Waals surface area contributed by atoms with Crippen LogP contribution in [0.15, 0.2) is 42.5 Å². The minimum atomic E-state index is 0.751. The minimum Gasteiger partial charge on any atom is -0.0648 e. The van der Waals surface area contributed by atoms with Gasteiger partial charge < -0.3 is 0 Å². The first-order valence-electron chi connectivity index (χ1n) is 5.72. The van der Waals surface area contributed by atoms with E-state index in [4.69, 9.17) is 0 Å². The molecule has 1 fully saturated rings. The van der Waals surface area contributed by atoms with E-state index in [1.165, 1.54) is 29.2 Å². The Bertz CT molecular complexity index is 479. The molecule has 3 rings (SSSR count). The van der Waals surface area contributed by atoms with E-state index in [2.05, 4.69) is 49.4 Å². The SMILES string of the molecule is CC[C]1CC1c1cccc2ccccc12. The van der Waals surface area contributed by atoms with Gasteiger partial charge in [-0.2, -0.15) is 0 Å². The first-order chi connectivity index (χ1) is 7.40. The quantitative estimate of drug-likeness (QED) is 0.669. The average Bonchev–Trinajstić information content (AvgIpc) is 3.07. The smallest absolute Gasteiger partial charge is 0.00878 e. The van der Waals surface area contributed by atoms with Gasteiger partial charge in [-0.25, -0.2) is 0 Å². The van der Waals surface area contributed by atoms with Crippen LogP contribution in [0.5, 0.6) is 0 Å². The average molecular weight is 195 g/mol. The van der Waals surface area contributed by atoms with Crippen molar-refractivity contribution >= 4 is 10.8 Å². The maximum absolute atomic E-state index is 2.29. The lowest BCUT2D eigenvalue weighted by molar-refractivity contribution is 1.03. The molecule has 0 saturated heterocycles. The summed E-state index contributed by atoms with van der Waals surface area (Å²) in [5.74, 6) is 2.47. The van der Waals surface area contributed by atoms with Gasteiger partial charge in [-0.15, -0.1) is 0 Å². The molecule has 15 heavy (non-hydrogen) atoms. The molecule has 1 saturated carbocycles. The first-order valence-corrected chi connectivity index (χ1v) is 5.72. The predicted molar refractivity (Wildman–Crippen MR) is 64.8 cm³/mol. The summed E-state index contributed by atoms with van der Waals surface area (Å²) in [5, 5.41) is 2.81.